The minimum absolute atomic E-state index is 0.0473. The SMILES string of the molecule is COC(=O)c1ccc(B(O)O)c(NC(N)=S)c1. The Morgan fingerprint density at radius 1 is 1.53 bits per heavy atom. The Kier molecular flexibility index (Phi) is 4.44. The fraction of sp³-hybridized carbons (Fsp3) is 0.111. The van der Waals surface area contributed by atoms with Gasteiger partial charge in [-0.2, -0.15) is 0 Å². The minimum atomic E-state index is -1.70. The van der Waals surface area contributed by atoms with Crippen molar-refractivity contribution in [2.24, 2.45) is 5.73 Å². The Bertz CT molecular complexity index is 453. The third-order valence-corrected chi connectivity index (χ3v) is 2.11. The molecule has 1 aromatic rings. The molecule has 0 aliphatic rings. The summed E-state index contributed by atoms with van der Waals surface area (Å²) in [6, 6.07) is 4.16. The van der Waals surface area contributed by atoms with Crippen LogP contribution in [0.5, 0.6) is 0 Å². The predicted molar refractivity (Wildman–Crippen MR) is 68.0 cm³/mol. The van der Waals surface area contributed by atoms with Gasteiger partial charge in [0.1, 0.15) is 0 Å². The summed E-state index contributed by atoms with van der Waals surface area (Å²) in [5, 5.41) is 20.7. The standard InChI is InChI=1S/C9H11BN2O4S/c1-16-8(13)5-2-3-6(10(14)15)7(4-5)12-9(11)17/h2-4,14-15H,1H3,(H3,11,12,17). The molecule has 0 amide bonds. The molecule has 0 bridgehead atoms. The number of ether oxygens (including phenoxy) is 1. The van der Waals surface area contributed by atoms with Crippen LogP contribution in [0.25, 0.3) is 0 Å². The lowest BCUT2D eigenvalue weighted by Gasteiger charge is -2.11. The van der Waals surface area contributed by atoms with Crippen LogP contribution in [0.3, 0.4) is 0 Å². The second-order valence-electron chi connectivity index (χ2n) is 3.16. The van der Waals surface area contributed by atoms with Crippen LogP contribution >= 0.6 is 12.2 Å². The molecule has 0 radical (unpaired) electrons. The number of carbonyl (C=O) groups excluding carboxylic acids is 1. The average molecular weight is 254 g/mol. The van der Waals surface area contributed by atoms with Crippen LogP contribution in [0.1, 0.15) is 10.4 Å². The second kappa shape index (κ2) is 5.62. The van der Waals surface area contributed by atoms with E-state index >= 15 is 0 Å². The van der Waals surface area contributed by atoms with E-state index in [2.05, 4.69) is 22.3 Å². The van der Waals surface area contributed by atoms with E-state index in [4.69, 9.17) is 15.8 Å². The first-order valence-corrected chi connectivity index (χ1v) is 5.01. The van der Waals surface area contributed by atoms with Crippen molar-refractivity contribution in [1.82, 2.24) is 0 Å². The van der Waals surface area contributed by atoms with Crippen molar-refractivity contribution in [1.29, 1.82) is 0 Å². The molecule has 1 aromatic carbocycles. The largest absolute Gasteiger partial charge is 0.490 e. The number of esters is 1. The van der Waals surface area contributed by atoms with E-state index in [1.165, 1.54) is 25.3 Å². The number of nitrogens with one attached hydrogen (secondary N) is 1. The molecule has 1 rings (SSSR count). The maximum absolute atomic E-state index is 11.3. The van der Waals surface area contributed by atoms with Gasteiger partial charge in [0.25, 0.3) is 0 Å². The normalized spacial score (nSPS) is 9.59. The summed E-state index contributed by atoms with van der Waals surface area (Å²) in [4.78, 5) is 11.3. The van der Waals surface area contributed by atoms with Crippen molar-refractivity contribution in [3.05, 3.63) is 23.8 Å². The predicted octanol–water partition coefficient (Wildman–Crippen LogP) is -1.19. The topological polar surface area (TPSA) is 105 Å². The number of benzene rings is 1. The molecule has 8 heteroatoms. The third kappa shape index (κ3) is 3.41. The van der Waals surface area contributed by atoms with Crippen molar-refractivity contribution in [2.75, 3.05) is 12.4 Å². The molecule has 17 heavy (non-hydrogen) atoms. The average Bonchev–Trinajstić information content (AvgIpc) is 2.26. The smallest absolute Gasteiger partial charge is 0.465 e. The Hall–Kier alpha value is -1.64. The van der Waals surface area contributed by atoms with Crippen LogP contribution < -0.4 is 16.5 Å². The van der Waals surface area contributed by atoms with Crippen LogP contribution in [-0.4, -0.2) is 35.4 Å². The quantitative estimate of drug-likeness (QED) is 0.305. The minimum Gasteiger partial charge on any atom is -0.465 e. The summed E-state index contributed by atoms with van der Waals surface area (Å²) in [5.41, 5.74) is 5.94. The van der Waals surface area contributed by atoms with Crippen molar-refractivity contribution in [3.8, 4) is 0 Å². The van der Waals surface area contributed by atoms with Gasteiger partial charge in [0.2, 0.25) is 0 Å². The molecule has 5 N–H and O–H groups in total. The molecule has 90 valence electrons. The fourth-order valence-corrected chi connectivity index (χ4v) is 1.38. The number of methoxy groups -OCH3 is 1. The molecule has 0 saturated carbocycles. The van der Waals surface area contributed by atoms with Crippen molar-refractivity contribution in [2.45, 2.75) is 0 Å². The number of rotatable bonds is 3. The van der Waals surface area contributed by atoms with Crippen LogP contribution in [0, 0.1) is 0 Å². The molecule has 0 aromatic heterocycles. The molecule has 0 spiro atoms. The summed E-state index contributed by atoms with van der Waals surface area (Å²) in [6.07, 6.45) is 0. The van der Waals surface area contributed by atoms with E-state index in [-0.39, 0.29) is 21.8 Å². The van der Waals surface area contributed by atoms with Gasteiger partial charge in [0.05, 0.1) is 12.7 Å². The molecule has 0 atom stereocenters. The maximum Gasteiger partial charge on any atom is 0.490 e. The highest BCUT2D eigenvalue weighted by molar-refractivity contribution is 7.80. The van der Waals surface area contributed by atoms with Gasteiger partial charge in [-0.25, -0.2) is 4.79 Å². The summed E-state index contributed by atoms with van der Waals surface area (Å²) >= 11 is 4.65. The van der Waals surface area contributed by atoms with E-state index in [1.807, 2.05) is 0 Å². The zero-order valence-electron chi connectivity index (χ0n) is 9.01. The molecule has 6 nitrogen and oxygen atoms in total. The number of thiocarbonyl (C=S) groups is 1. The fourth-order valence-electron chi connectivity index (χ4n) is 1.27. The maximum atomic E-state index is 11.3. The first-order valence-electron chi connectivity index (χ1n) is 4.60. The van der Waals surface area contributed by atoms with Gasteiger partial charge < -0.3 is 25.8 Å². The summed E-state index contributed by atoms with van der Waals surface area (Å²) < 4.78 is 4.54. The van der Waals surface area contributed by atoms with Crippen LogP contribution in [-0.2, 0) is 4.74 Å². The molecule has 0 aliphatic carbocycles. The summed E-state index contributed by atoms with van der Waals surface area (Å²) in [7, 11) is -0.448. The first kappa shape index (κ1) is 13.4. The lowest BCUT2D eigenvalue weighted by molar-refractivity contribution is 0.0601. The van der Waals surface area contributed by atoms with E-state index in [1.54, 1.807) is 0 Å². The van der Waals surface area contributed by atoms with E-state index in [0.717, 1.165) is 0 Å². The van der Waals surface area contributed by atoms with Gasteiger partial charge in [0, 0.05) is 11.2 Å². The molecule has 0 heterocycles. The number of anilines is 1. The second-order valence-corrected chi connectivity index (χ2v) is 3.60. The van der Waals surface area contributed by atoms with Gasteiger partial charge in [-0.3, -0.25) is 0 Å². The Balaban J connectivity index is 3.18. The van der Waals surface area contributed by atoms with Crippen molar-refractivity contribution in [3.63, 3.8) is 0 Å². The van der Waals surface area contributed by atoms with Crippen molar-refractivity contribution >= 4 is 41.6 Å². The zero-order valence-corrected chi connectivity index (χ0v) is 9.82. The highest BCUT2D eigenvalue weighted by Gasteiger charge is 2.18. The van der Waals surface area contributed by atoms with E-state index < -0.39 is 13.1 Å². The zero-order chi connectivity index (χ0) is 13.0. The molecule has 0 saturated heterocycles. The van der Waals surface area contributed by atoms with Crippen molar-refractivity contribution < 1.29 is 19.6 Å². The Morgan fingerprint density at radius 2 is 2.18 bits per heavy atom. The Morgan fingerprint density at radius 3 is 2.65 bits per heavy atom. The molecule has 0 unspecified atom stereocenters. The molecular weight excluding hydrogens is 243 g/mol. The highest BCUT2D eigenvalue weighted by Crippen LogP contribution is 2.10. The monoisotopic (exact) mass is 254 g/mol. The summed E-state index contributed by atoms with van der Waals surface area (Å²) in [5.74, 6) is -0.546. The number of hydrogen-bond donors (Lipinski definition) is 4. The van der Waals surface area contributed by atoms with Crippen LogP contribution in [0.2, 0.25) is 0 Å². The molecule has 0 fully saturated rings. The van der Waals surface area contributed by atoms with Gasteiger partial charge in [-0.15, -0.1) is 0 Å². The molecular formula is C9H11BN2O4S. The number of carbonyl (C=O) groups is 1. The van der Waals surface area contributed by atoms with Gasteiger partial charge >= 0.3 is 13.1 Å². The first-order chi connectivity index (χ1) is 7.95. The number of hydrogen-bond acceptors (Lipinski definition) is 5. The summed E-state index contributed by atoms with van der Waals surface area (Å²) in [6.45, 7) is 0. The van der Waals surface area contributed by atoms with Gasteiger partial charge in [-0.05, 0) is 24.4 Å². The lowest BCUT2D eigenvalue weighted by atomic mass is 9.78. The molecule has 0 aliphatic heterocycles. The number of nitrogens with two attached hydrogens (primary N) is 1. The van der Waals surface area contributed by atoms with Crippen LogP contribution in [0.4, 0.5) is 5.69 Å². The van der Waals surface area contributed by atoms with E-state index in [0.29, 0.717) is 0 Å². The van der Waals surface area contributed by atoms with Gasteiger partial charge in [0.15, 0.2) is 5.11 Å². The third-order valence-electron chi connectivity index (χ3n) is 2.01. The van der Waals surface area contributed by atoms with Gasteiger partial charge in [-0.1, -0.05) is 6.07 Å². The Labute approximate surface area is 104 Å². The highest BCUT2D eigenvalue weighted by atomic mass is 32.1. The van der Waals surface area contributed by atoms with E-state index in [9.17, 15) is 4.79 Å². The lowest BCUT2D eigenvalue weighted by Crippen LogP contribution is -2.35. The van der Waals surface area contributed by atoms with Crippen LogP contribution in [0.15, 0.2) is 18.2 Å².